The van der Waals surface area contributed by atoms with Gasteiger partial charge in [0, 0.05) is 39.3 Å². The van der Waals surface area contributed by atoms with Gasteiger partial charge in [-0.25, -0.2) is 0 Å². The van der Waals surface area contributed by atoms with Gasteiger partial charge in [0.1, 0.15) is 11.5 Å². The summed E-state index contributed by atoms with van der Waals surface area (Å²) in [4.78, 5) is 5.00. The van der Waals surface area contributed by atoms with Crippen LogP contribution in [0.5, 0.6) is 11.5 Å². The molecular formula is C28H38N2O3. The first-order valence-corrected chi connectivity index (χ1v) is 12.2. The maximum Gasteiger partial charge on any atom is 0.119 e. The molecule has 178 valence electrons. The maximum atomic E-state index is 11.6. The van der Waals surface area contributed by atoms with Crippen molar-refractivity contribution >= 4 is 5.57 Å². The van der Waals surface area contributed by atoms with Crippen LogP contribution in [0.4, 0.5) is 0 Å². The van der Waals surface area contributed by atoms with E-state index in [1.54, 1.807) is 14.2 Å². The van der Waals surface area contributed by atoms with Gasteiger partial charge in [-0.05, 0) is 53.8 Å². The van der Waals surface area contributed by atoms with Crippen LogP contribution in [-0.4, -0.2) is 67.5 Å². The molecule has 1 N–H and O–H groups in total. The molecule has 0 radical (unpaired) electrons. The fourth-order valence-corrected chi connectivity index (χ4v) is 5.15. The van der Waals surface area contributed by atoms with E-state index in [1.165, 1.54) is 12.0 Å². The van der Waals surface area contributed by atoms with Gasteiger partial charge in [-0.1, -0.05) is 49.6 Å². The smallest absolute Gasteiger partial charge is 0.119 e. The van der Waals surface area contributed by atoms with Crippen LogP contribution in [0.15, 0.2) is 54.6 Å². The van der Waals surface area contributed by atoms with E-state index in [4.69, 9.17) is 9.47 Å². The van der Waals surface area contributed by atoms with Gasteiger partial charge in [0.2, 0.25) is 0 Å². The average Bonchev–Trinajstić information content (AvgIpc) is 2.86. The van der Waals surface area contributed by atoms with Crippen LogP contribution in [0.25, 0.3) is 5.57 Å². The average molecular weight is 451 g/mol. The van der Waals surface area contributed by atoms with Gasteiger partial charge in [-0.15, -0.1) is 0 Å². The lowest BCUT2D eigenvalue weighted by Gasteiger charge is -2.37. The SMILES string of the molecule is COc1cccc(CN2CCN(C/C=C(/c3cccc(OC)c3)C3(O)CCCCC3)CC2)c1. The lowest BCUT2D eigenvalue weighted by molar-refractivity contribution is 0.0608. The Morgan fingerprint density at radius 3 is 2.21 bits per heavy atom. The molecule has 0 atom stereocenters. The van der Waals surface area contributed by atoms with Gasteiger partial charge in [-0.2, -0.15) is 0 Å². The summed E-state index contributed by atoms with van der Waals surface area (Å²) in [5.41, 5.74) is 2.71. The molecule has 0 amide bonds. The lowest BCUT2D eigenvalue weighted by atomic mass is 9.76. The summed E-state index contributed by atoms with van der Waals surface area (Å²) < 4.78 is 10.8. The van der Waals surface area contributed by atoms with Crippen LogP contribution in [0.1, 0.15) is 43.2 Å². The van der Waals surface area contributed by atoms with Crippen molar-refractivity contribution in [2.75, 3.05) is 46.9 Å². The Bertz CT molecular complexity index is 928. The number of benzene rings is 2. The van der Waals surface area contributed by atoms with Crippen molar-refractivity contribution in [2.45, 2.75) is 44.2 Å². The topological polar surface area (TPSA) is 45.2 Å². The molecule has 1 saturated heterocycles. The van der Waals surface area contributed by atoms with Crippen LogP contribution in [0.2, 0.25) is 0 Å². The monoisotopic (exact) mass is 450 g/mol. The molecule has 1 heterocycles. The van der Waals surface area contributed by atoms with Crippen molar-refractivity contribution < 1.29 is 14.6 Å². The Morgan fingerprint density at radius 2 is 1.52 bits per heavy atom. The first-order valence-electron chi connectivity index (χ1n) is 12.2. The second kappa shape index (κ2) is 11.2. The zero-order valence-electron chi connectivity index (χ0n) is 20.1. The Kier molecular flexibility index (Phi) is 8.07. The van der Waals surface area contributed by atoms with Crippen molar-refractivity contribution in [1.82, 2.24) is 9.80 Å². The molecule has 0 spiro atoms. The first-order chi connectivity index (χ1) is 16.1. The number of ether oxygens (including phenoxy) is 2. The Hall–Kier alpha value is -2.34. The summed E-state index contributed by atoms with van der Waals surface area (Å²) >= 11 is 0. The normalized spacial score (nSPS) is 19.9. The van der Waals surface area contributed by atoms with Crippen molar-refractivity contribution in [1.29, 1.82) is 0 Å². The quantitative estimate of drug-likeness (QED) is 0.637. The van der Waals surface area contributed by atoms with Crippen molar-refractivity contribution in [3.63, 3.8) is 0 Å². The van der Waals surface area contributed by atoms with Crippen LogP contribution < -0.4 is 9.47 Å². The maximum absolute atomic E-state index is 11.6. The van der Waals surface area contributed by atoms with E-state index < -0.39 is 5.60 Å². The van der Waals surface area contributed by atoms with E-state index in [1.807, 2.05) is 18.2 Å². The third kappa shape index (κ3) is 6.17. The molecule has 33 heavy (non-hydrogen) atoms. The molecule has 1 aliphatic carbocycles. The predicted octanol–water partition coefficient (Wildman–Crippen LogP) is 4.60. The standard InChI is InChI=1S/C28H38N2O3/c1-32-25-10-6-8-23(20-25)22-30-18-16-29(17-19-30)15-12-27(28(31)13-4-3-5-14-28)24-9-7-11-26(21-24)33-2/h6-12,20-21,31H,3-5,13-19,22H2,1-2H3/b27-12-. The van der Waals surface area contributed by atoms with Gasteiger partial charge in [0.05, 0.1) is 19.8 Å². The van der Waals surface area contributed by atoms with E-state index in [9.17, 15) is 5.11 Å². The third-order valence-corrected chi connectivity index (χ3v) is 7.12. The molecule has 1 aliphatic heterocycles. The molecule has 5 nitrogen and oxygen atoms in total. The number of nitrogens with zero attached hydrogens (tertiary/aromatic N) is 2. The number of aliphatic hydroxyl groups is 1. The van der Waals surface area contributed by atoms with E-state index in [0.29, 0.717) is 0 Å². The van der Waals surface area contributed by atoms with Gasteiger partial charge < -0.3 is 14.6 Å². The molecule has 4 rings (SSSR count). The fourth-order valence-electron chi connectivity index (χ4n) is 5.15. The van der Waals surface area contributed by atoms with Crippen LogP contribution >= 0.6 is 0 Å². The highest BCUT2D eigenvalue weighted by Crippen LogP contribution is 2.40. The van der Waals surface area contributed by atoms with Crippen LogP contribution in [0.3, 0.4) is 0 Å². The van der Waals surface area contributed by atoms with Crippen LogP contribution in [0, 0.1) is 0 Å². The largest absolute Gasteiger partial charge is 0.497 e. The second-order valence-corrected chi connectivity index (χ2v) is 9.37. The zero-order valence-corrected chi connectivity index (χ0v) is 20.1. The van der Waals surface area contributed by atoms with Gasteiger partial charge in [0.15, 0.2) is 0 Å². The Balaban J connectivity index is 1.41. The van der Waals surface area contributed by atoms with Crippen molar-refractivity contribution in [3.05, 3.63) is 65.7 Å². The minimum Gasteiger partial charge on any atom is -0.497 e. The molecule has 0 bridgehead atoms. The minimum atomic E-state index is -0.737. The van der Waals surface area contributed by atoms with Gasteiger partial charge in [0.25, 0.3) is 0 Å². The molecule has 2 aromatic rings. The lowest BCUT2D eigenvalue weighted by Crippen LogP contribution is -2.46. The summed E-state index contributed by atoms with van der Waals surface area (Å²) in [6.07, 6.45) is 7.33. The summed E-state index contributed by atoms with van der Waals surface area (Å²) in [5, 5.41) is 11.6. The molecule has 5 heteroatoms. The highest BCUT2D eigenvalue weighted by atomic mass is 16.5. The highest BCUT2D eigenvalue weighted by molar-refractivity contribution is 5.73. The fraction of sp³-hybridized carbons (Fsp3) is 0.500. The molecule has 0 aromatic heterocycles. The molecule has 2 aromatic carbocycles. The van der Waals surface area contributed by atoms with E-state index in [-0.39, 0.29) is 0 Å². The van der Waals surface area contributed by atoms with E-state index in [2.05, 4.69) is 46.2 Å². The second-order valence-electron chi connectivity index (χ2n) is 9.37. The van der Waals surface area contributed by atoms with Crippen LogP contribution in [-0.2, 0) is 6.54 Å². The summed E-state index contributed by atoms with van der Waals surface area (Å²) in [6.45, 7) is 5.97. The Labute approximate surface area is 198 Å². The van der Waals surface area contributed by atoms with Crippen molar-refractivity contribution in [2.24, 2.45) is 0 Å². The zero-order chi connectivity index (χ0) is 23.1. The number of methoxy groups -OCH3 is 2. The molecule has 0 unspecified atom stereocenters. The number of hydrogen-bond acceptors (Lipinski definition) is 5. The molecular weight excluding hydrogens is 412 g/mol. The van der Waals surface area contributed by atoms with Gasteiger partial charge in [-0.3, -0.25) is 9.80 Å². The molecule has 2 fully saturated rings. The van der Waals surface area contributed by atoms with E-state index >= 15 is 0 Å². The number of rotatable bonds is 8. The summed E-state index contributed by atoms with van der Waals surface area (Å²) in [5.74, 6) is 1.76. The number of hydrogen-bond donors (Lipinski definition) is 1. The first kappa shape index (κ1) is 23.8. The summed E-state index contributed by atoms with van der Waals surface area (Å²) in [7, 11) is 3.41. The highest BCUT2D eigenvalue weighted by Gasteiger charge is 2.34. The minimum absolute atomic E-state index is 0.737. The summed E-state index contributed by atoms with van der Waals surface area (Å²) in [6, 6.07) is 16.5. The molecule has 2 aliphatic rings. The third-order valence-electron chi connectivity index (χ3n) is 7.12. The van der Waals surface area contributed by atoms with Gasteiger partial charge >= 0.3 is 0 Å². The van der Waals surface area contributed by atoms with E-state index in [0.717, 1.165) is 87.6 Å². The predicted molar refractivity (Wildman–Crippen MR) is 134 cm³/mol. The van der Waals surface area contributed by atoms with Crippen molar-refractivity contribution in [3.8, 4) is 11.5 Å². The number of piperazine rings is 1. The molecule has 1 saturated carbocycles. The Morgan fingerprint density at radius 1 is 0.879 bits per heavy atom.